The number of carbonyl (C=O) groups is 2. The number of ether oxygens (including phenoxy) is 1. The van der Waals surface area contributed by atoms with E-state index in [9.17, 15) is 9.59 Å². The molecule has 0 radical (unpaired) electrons. The minimum Gasteiger partial charge on any atom is -0.461 e. The van der Waals surface area contributed by atoms with E-state index in [0.29, 0.717) is 30.6 Å². The Morgan fingerprint density at radius 2 is 1.45 bits per heavy atom. The Hall–Kier alpha value is -2.42. The van der Waals surface area contributed by atoms with Gasteiger partial charge in [0.2, 0.25) is 0 Å². The van der Waals surface area contributed by atoms with Gasteiger partial charge in [-0.3, -0.25) is 9.59 Å². The third-order valence-electron chi connectivity index (χ3n) is 6.98. The van der Waals surface area contributed by atoms with Gasteiger partial charge < -0.3 is 4.74 Å². The van der Waals surface area contributed by atoms with Gasteiger partial charge in [-0.1, -0.05) is 87.9 Å². The highest BCUT2D eigenvalue weighted by atomic mass is 16.5. The minimum absolute atomic E-state index is 0.124. The molecule has 31 heavy (non-hydrogen) atoms. The summed E-state index contributed by atoms with van der Waals surface area (Å²) in [4.78, 5) is 27.0. The van der Waals surface area contributed by atoms with Crippen LogP contribution in [0.2, 0.25) is 0 Å². The molecular weight excluding hydrogens is 384 g/mol. The summed E-state index contributed by atoms with van der Waals surface area (Å²) in [7, 11) is 0. The zero-order valence-electron chi connectivity index (χ0n) is 19.3. The number of esters is 1. The number of Topliss-reactive ketones (excluding diaryl/α,β-unsaturated/α-hetero) is 1. The van der Waals surface area contributed by atoms with Gasteiger partial charge in [-0.2, -0.15) is 0 Å². The van der Waals surface area contributed by atoms with Crippen molar-refractivity contribution in [2.24, 2.45) is 23.2 Å². The molecule has 0 saturated heterocycles. The summed E-state index contributed by atoms with van der Waals surface area (Å²) in [6.45, 7) is 8.17. The molecule has 0 heterocycles. The molecule has 1 aliphatic carbocycles. The largest absolute Gasteiger partial charge is 0.461 e. The van der Waals surface area contributed by atoms with Crippen molar-refractivity contribution in [3.8, 4) is 0 Å². The van der Waals surface area contributed by atoms with E-state index < -0.39 is 5.41 Å². The average Bonchev–Trinajstić information content (AvgIpc) is 2.74. The standard InChI is InChI=1S/C28H36O3/c1-20(2)25-16-15-21(3)17-26(25)31-27(30)28(22(4)29,18-23-11-7-5-8-12-23)19-24-13-9-6-10-14-24/h5-14,20-21,25-26H,15-19H2,1-4H3. The van der Waals surface area contributed by atoms with E-state index in [1.165, 1.54) is 13.3 Å². The average molecular weight is 421 g/mol. The van der Waals surface area contributed by atoms with Gasteiger partial charge in [-0.15, -0.1) is 0 Å². The van der Waals surface area contributed by atoms with Gasteiger partial charge in [0.25, 0.3) is 0 Å². The number of hydrogen-bond donors (Lipinski definition) is 0. The number of carbonyl (C=O) groups excluding carboxylic acids is 2. The van der Waals surface area contributed by atoms with Crippen molar-refractivity contribution < 1.29 is 14.3 Å². The van der Waals surface area contributed by atoms with Gasteiger partial charge in [-0.25, -0.2) is 0 Å². The van der Waals surface area contributed by atoms with E-state index >= 15 is 0 Å². The fraction of sp³-hybridized carbons (Fsp3) is 0.500. The van der Waals surface area contributed by atoms with Crippen LogP contribution in [0.3, 0.4) is 0 Å². The second-order valence-electron chi connectivity index (χ2n) is 9.73. The van der Waals surface area contributed by atoms with E-state index in [4.69, 9.17) is 4.74 Å². The molecule has 0 bridgehead atoms. The first-order valence-corrected chi connectivity index (χ1v) is 11.6. The Kier molecular flexibility index (Phi) is 7.69. The first-order valence-electron chi connectivity index (χ1n) is 11.6. The molecule has 0 N–H and O–H groups in total. The summed E-state index contributed by atoms with van der Waals surface area (Å²) in [5.74, 6) is 0.828. The quantitative estimate of drug-likeness (QED) is 0.386. The third-order valence-corrected chi connectivity index (χ3v) is 6.98. The van der Waals surface area contributed by atoms with Gasteiger partial charge in [-0.05, 0) is 61.5 Å². The monoisotopic (exact) mass is 420 g/mol. The molecule has 3 nitrogen and oxygen atoms in total. The molecule has 0 aliphatic heterocycles. The molecule has 0 amide bonds. The molecule has 2 aromatic carbocycles. The van der Waals surface area contributed by atoms with Crippen LogP contribution in [-0.4, -0.2) is 17.9 Å². The summed E-state index contributed by atoms with van der Waals surface area (Å²) in [5, 5.41) is 0. The number of rotatable bonds is 8. The van der Waals surface area contributed by atoms with Crippen molar-refractivity contribution in [3.05, 3.63) is 71.8 Å². The smallest absolute Gasteiger partial charge is 0.320 e. The van der Waals surface area contributed by atoms with Crippen molar-refractivity contribution in [1.29, 1.82) is 0 Å². The molecule has 0 aromatic heterocycles. The van der Waals surface area contributed by atoms with Crippen LogP contribution >= 0.6 is 0 Å². The lowest BCUT2D eigenvalue weighted by atomic mass is 9.72. The van der Waals surface area contributed by atoms with Gasteiger partial charge in [0.05, 0.1) is 0 Å². The first-order chi connectivity index (χ1) is 14.8. The lowest BCUT2D eigenvalue weighted by Crippen LogP contribution is -2.47. The van der Waals surface area contributed by atoms with Crippen molar-refractivity contribution in [3.63, 3.8) is 0 Å². The minimum atomic E-state index is -1.22. The predicted molar refractivity (Wildman–Crippen MR) is 125 cm³/mol. The number of ketones is 1. The molecule has 2 aromatic rings. The van der Waals surface area contributed by atoms with E-state index in [-0.39, 0.29) is 17.9 Å². The van der Waals surface area contributed by atoms with Gasteiger partial charge in [0, 0.05) is 0 Å². The summed E-state index contributed by atoms with van der Waals surface area (Å²) in [6.07, 6.45) is 3.70. The number of benzene rings is 2. The second kappa shape index (κ2) is 10.3. The van der Waals surface area contributed by atoms with Crippen LogP contribution in [0.1, 0.15) is 58.1 Å². The summed E-state index contributed by atoms with van der Waals surface area (Å²) >= 11 is 0. The fourth-order valence-corrected chi connectivity index (χ4v) is 4.99. The molecule has 1 fully saturated rings. The SMILES string of the molecule is CC(=O)C(Cc1ccccc1)(Cc1ccccc1)C(=O)OC1CC(C)CCC1C(C)C. The summed E-state index contributed by atoms with van der Waals surface area (Å²) in [6, 6.07) is 19.6. The first kappa shape index (κ1) is 23.2. The maximum absolute atomic E-state index is 13.8. The normalized spacial score (nSPS) is 21.6. The molecule has 0 spiro atoms. The zero-order chi connectivity index (χ0) is 22.4. The summed E-state index contributed by atoms with van der Waals surface area (Å²) < 4.78 is 6.25. The van der Waals surface area contributed by atoms with Crippen molar-refractivity contribution in [2.75, 3.05) is 0 Å². The Morgan fingerprint density at radius 1 is 0.935 bits per heavy atom. The topological polar surface area (TPSA) is 43.4 Å². The Labute approximate surface area is 187 Å². The van der Waals surface area contributed by atoms with Crippen LogP contribution < -0.4 is 0 Å². The van der Waals surface area contributed by atoms with E-state index in [0.717, 1.165) is 24.0 Å². The molecule has 3 unspecified atom stereocenters. The second-order valence-corrected chi connectivity index (χ2v) is 9.73. The molecule has 166 valence electrons. The van der Waals surface area contributed by atoms with Crippen LogP contribution in [0.25, 0.3) is 0 Å². The van der Waals surface area contributed by atoms with Crippen LogP contribution in [0, 0.1) is 23.2 Å². The van der Waals surface area contributed by atoms with Crippen LogP contribution in [0.4, 0.5) is 0 Å². The number of hydrogen-bond acceptors (Lipinski definition) is 3. The van der Waals surface area contributed by atoms with Crippen LogP contribution in [0.5, 0.6) is 0 Å². The lowest BCUT2D eigenvalue weighted by Gasteiger charge is -2.39. The Morgan fingerprint density at radius 3 is 1.90 bits per heavy atom. The van der Waals surface area contributed by atoms with Crippen molar-refractivity contribution in [2.45, 2.75) is 65.9 Å². The summed E-state index contributed by atoms with van der Waals surface area (Å²) in [5.41, 5.74) is 0.733. The van der Waals surface area contributed by atoms with Crippen LogP contribution in [0.15, 0.2) is 60.7 Å². The maximum Gasteiger partial charge on any atom is 0.320 e. The van der Waals surface area contributed by atoms with E-state index in [1.54, 1.807) is 0 Å². The van der Waals surface area contributed by atoms with Crippen LogP contribution in [-0.2, 0) is 27.2 Å². The Bertz CT molecular complexity index is 815. The van der Waals surface area contributed by atoms with Crippen molar-refractivity contribution in [1.82, 2.24) is 0 Å². The Balaban J connectivity index is 1.95. The third kappa shape index (κ3) is 5.64. The molecule has 3 atom stereocenters. The highest BCUT2D eigenvalue weighted by Gasteiger charge is 2.47. The van der Waals surface area contributed by atoms with E-state index in [1.807, 2.05) is 60.7 Å². The van der Waals surface area contributed by atoms with Gasteiger partial charge in [0.1, 0.15) is 17.3 Å². The fourth-order valence-electron chi connectivity index (χ4n) is 4.99. The van der Waals surface area contributed by atoms with Gasteiger partial charge in [0.15, 0.2) is 0 Å². The van der Waals surface area contributed by atoms with E-state index in [2.05, 4.69) is 20.8 Å². The maximum atomic E-state index is 13.8. The van der Waals surface area contributed by atoms with Crippen molar-refractivity contribution >= 4 is 11.8 Å². The van der Waals surface area contributed by atoms with Gasteiger partial charge >= 0.3 is 5.97 Å². The highest BCUT2D eigenvalue weighted by molar-refractivity contribution is 6.03. The molecule has 3 heteroatoms. The molecule has 1 aliphatic rings. The zero-order valence-corrected chi connectivity index (χ0v) is 19.3. The highest BCUT2D eigenvalue weighted by Crippen LogP contribution is 2.38. The molecule has 1 saturated carbocycles. The molecular formula is C28H36O3. The lowest BCUT2D eigenvalue weighted by molar-refractivity contribution is -0.171. The molecule has 3 rings (SSSR count). The predicted octanol–water partition coefficient (Wildman–Crippen LogP) is 6.05.